The van der Waals surface area contributed by atoms with Gasteiger partial charge >= 0.3 is 0 Å². The van der Waals surface area contributed by atoms with Gasteiger partial charge in [-0.25, -0.2) is 0 Å². The van der Waals surface area contributed by atoms with E-state index >= 15 is 0 Å². The Morgan fingerprint density at radius 3 is 2.38 bits per heavy atom. The van der Waals surface area contributed by atoms with E-state index in [4.69, 9.17) is 4.74 Å². The molecule has 2 aliphatic rings. The van der Waals surface area contributed by atoms with Crippen LogP contribution in [0.2, 0.25) is 0 Å². The Kier molecular flexibility index (Phi) is 6.98. The molecule has 146 valence electrons. The van der Waals surface area contributed by atoms with Gasteiger partial charge in [0.2, 0.25) is 0 Å². The number of fused-ring (bicyclic) bond motifs is 2. The first-order chi connectivity index (χ1) is 11.8. The fourth-order valence-electron chi connectivity index (χ4n) is 4.15. The number of aryl methyl sites for hydroxylation is 1. The van der Waals surface area contributed by atoms with Crippen molar-refractivity contribution >= 4 is 18.3 Å². The van der Waals surface area contributed by atoms with Crippen molar-refractivity contribution in [3.8, 4) is 5.75 Å². The molecular formula is C21H33ClN2O2. The summed E-state index contributed by atoms with van der Waals surface area (Å²) in [5.41, 5.74) is 2.31. The van der Waals surface area contributed by atoms with E-state index in [0.29, 0.717) is 24.0 Å². The summed E-state index contributed by atoms with van der Waals surface area (Å²) in [5.74, 6) is 1.35. The number of piperidine rings is 1. The summed E-state index contributed by atoms with van der Waals surface area (Å²) in [4.78, 5) is 14.8. The monoisotopic (exact) mass is 380 g/mol. The van der Waals surface area contributed by atoms with E-state index in [1.165, 1.54) is 18.4 Å². The Bertz CT molecular complexity index is 622. The molecule has 4 nitrogen and oxygen atoms in total. The zero-order valence-electron chi connectivity index (χ0n) is 16.6. The molecule has 0 aliphatic carbocycles. The third-order valence-electron chi connectivity index (χ3n) is 5.87. The van der Waals surface area contributed by atoms with Crippen LogP contribution in [0, 0.1) is 6.92 Å². The van der Waals surface area contributed by atoms with Gasteiger partial charge in [0.25, 0.3) is 5.91 Å². The summed E-state index contributed by atoms with van der Waals surface area (Å²) in [6.07, 6.45) is 4.16. The average Bonchev–Trinajstić information content (AvgIpc) is 2.93. The SMILES string of the molecule is Cc1ccc(C(C)C)cc1OC(C)C(=O)N(C)C1CC2CCC(C1)N2.Cl. The van der Waals surface area contributed by atoms with E-state index in [1.807, 2.05) is 25.8 Å². The molecule has 1 aromatic rings. The summed E-state index contributed by atoms with van der Waals surface area (Å²) in [7, 11) is 1.94. The van der Waals surface area contributed by atoms with Crippen molar-refractivity contribution in [1.82, 2.24) is 10.2 Å². The minimum absolute atomic E-state index is 0. The number of nitrogens with zero attached hydrogens (tertiary/aromatic N) is 1. The number of hydrogen-bond donors (Lipinski definition) is 1. The third-order valence-corrected chi connectivity index (χ3v) is 5.87. The fraction of sp³-hybridized carbons (Fsp3) is 0.667. The first-order valence-corrected chi connectivity index (χ1v) is 9.65. The van der Waals surface area contributed by atoms with Crippen LogP contribution in [0.4, 0.5) is 0 Å². The van der Waals surface area contributed by atoms with Crippen LogP contribution in [0.25, 0.3) is 0 Å². The fourth-order valence-corrected chi connectivity index (χ4v) is 4.15. The number of amides is 1. The quantitative estimate of drug-likeness (QED) is 0.837. The second-order valence-corrected chi connectivity index (χ2v) is 8.15. The van der Waals surface area contributed by atoms with E-state index in [2.05, 4.69) is 37.4 Å². The molecular weight excluding hydrogens is 348 g/mol. The lowest BCUT2D eigenvalue weighted by Gasteiger charge is -2.36. The van der Waals surface area contributed by atoms with Gasteiger partial charge in [-0.15, -0.1) is 12.4 Å². The highest BCUT2D eigenvalue weighted by atomic mass is 35.5. The van der Waals surface area contributed by atoms with Crippen molar-refractivity contribution in [1.29, 1.82) is 0 Å². The zero-order valence-corrected chi connectivity index (χ0v) is 17.4. The van der Waals surface area contributed by atoms with Crippen LogP contribution in [-0.4, -0.2) is 42.1 Å². The second-order valence-electron chi connectivity index (χ2n) is 8.15. The van der Waals surface area contributed by atoms with Crippen LogP contribution in [0.1, 0.15) is 63.5 Å². The van der Waals surface area contributed by atoms with Gasteiger partial charge in [-0.3, -0.25) is 4.79 Å². The third kappa shape index (κ3) is 4.52. The minimum Gasteiger partial charge on any atom is -0.481 e. The van der Waals surface area contributed by atoms with Gasteiger partial charge < -0.3 is 15.0 Å². The Morgan fingerprint density at radius 1 is 1.19 bits per heavy atom. The number of benzene rings is 1. The molecule has 3 rings (SSSR count). The lowest BCUT2D eigenvalue weighted by Crippen LogP contribution is -2.51. The predicted molar refractivity (Wildman–Crippen MR) is 108 cm³/mol. The van der Waals surface area contributed by atoms with Gasteiger partial charge in [0.1, 0.15) is 5.75 Å². The Balaban J connectivity index is 0.00000243. The number of hydrogen-bond acceptors (Lipinski definition) is 3. The molecule has 1 N–H and O–H groups in total. The lowest BCUT2D eigenvalue weighted by molar-refractivity contribution is -0.139. The van der Waals surface area contributed by atoms with Crippen molar-refractivity contribution in [2.75, 3.05) is 7.05 Å². The molecule has 26 heavy (non-hydrogen) atoms. The molecule has 3 unspecified atom stereocenters. The number of rotatable bonds is 5. The van der Waals surface area contributed by atoms with E-state index < -0.39 is 6.10 Å². The zero-order chi connectivity index (χ0) is 18.1. The van der Waals surface area contributed by atoms with E-state index in [-0.39, 0.29) is 18.3 Å². The Labute approximate surface area is 164 Å². The number of carbonyl (C=O) groups is 1. The minimum atomic E-state index is -0.460. The molecule has 2 saturated heterocycles. The normalized spacial score (nSPS) is 25.5. The number of carbonyl (C=O) groups excluding carboxylic acids is 1. The number of ether oxygens (including phenoxy) is 1. The smallest absolute Gasteiger partial charge is 0.263 e. The maximum Gasteiger partial charge on any atom is 0.263 e. The van der Waals surface area contributed by atoms with Crippen LogP contribution in [-0.2, 0) is 4.79 Å². The van der Waals surface area contributed by atoms with Crippen LogP contribution in [0.3, 0.4) is 0 Å². The summed E-state index contributed by atoms with van der Waals surface area (Å²) < 4.78 is 6.07. The van der Waals surface area contributed by atoms with Gasteiger partial charge in [0, 0.05) is 25.2 Å². The van der Waals surface area contributed by atoms with Crippen LogP contribution in [0.15, 0.2) is 18.2 Å². The Morgan fingerprint density at radius 2 is 1.81 bits per heavy atom. The number of nitrogens with one attached hydrogen (secondary N) is 1. The van der Waals surface area contributed by atoms with E-state index in [0.717, 1.165) is 24.2 Å². The first kappa shape index (κ1) is 21.0. The molecule has 0 radical (unpaired) electrons. The van der Waals surface area contributed by atoms with Crippen molar-refractivity contribution in [3.63, 3.8) is 0 Å². The molecule has 1 aromatic carbocycles. The standard InChI is InChI=1S/C21H32N2O2.ClH/c1-13(2)16-7-6-14(3)20(10-16)25-15(4)21(24)23(5)19-11-17-8-9-18(12-19)22-17;/h6-7,10,13,15,17-19,22H,8-9,11-12H2,1-5H3;1H. The lowest BCUT2D eigenvalue weighted by atomic mass is 9.98. The summed E-state index contributed by atoms with van der Waals surface area (Å²) in [6.45, 7) is 8.24. The van der Waals surface area contributed by atoms with E-state index in [1.54, 1.807) is 0 Å². The molecule has 2 aliphatic heterocycles. The van der Waals surface area contributed by atoms with Gasteiger partial charge in [0.15, 0.2) is 6.10 Å². The highest BCUT2D eigenvalue weighted by molar-refractivity contribution is 5.85. The molecule has 2 bridgehead atoms. The van der Waals surface area contributed by atoms with Gasteiger partial charge in [-0.2, -0.15) is 0 Å². The van der Waals surface area contributed by atoms with E-state index in [9.17, 15) is 4.79 Å². The average molecular weight is 381 g/mol. The molecule has 3 atom stereocenters. The Hall–Kier alpha value is -1.26. The molecule has 2 heterocycles. The largest absolute Gasteiger partial charge is 0.481 e. The molecule has 1 amide bonds. The molecule has 5 heteroatoms. The number of halogens is 1. The predicted octanol–water partition coefficient (Wildman–Crippen LogP) is 4.05. The maximum absolute atomic E-state index is 12.9. The highest BCUT2D eigenvalue weighted by Gasteiger charge is 2.37. The highest BCUT2D eigenvalue weighted by Crippen LogP contribution is 2.30. The van der Waals surface area contributed by atoms with Crippen LogP contribution < -0.4 is 10.1 Å². The van der Waals surface area contributed by atoms with Crippen molar-refractivity contribution < 1.29 is 9.53 Å². The van der Waals surface area contributed by atoms with Gasteiger partial charge in [-0.1, -0.05) is 26.0 Å². The van der Waals surface area contributed by atoms with Crippen LogP contribution in [0.5, 0.6) is 5.75 Å². The van der Waals surface area contributed by atoms with Gasteiger partial charge in [-0.05, 0) is 62.6 Å². The molecule has 0 aromatic heterocycles. The second kappa shape index (κ2) is 8.62. The molecule has 2 fully saturated rings. The summed E-state index contributed by atoms with van der Waals surface area (Å²) in [6, 6.07) is 7.79. The molecule has 0 saturated carbocycles. The summed E-state index contributed by atoms with van der Waals surface area (Å²) >= 11 is 0. The summed E-state index contributed by atoms with van der Waals surface area (Å²) in [5, 5.41) is 3.64. The van der Waals surface area contributed by atoms with Crippen LogP contribution >= 0.6 is 12.4 Å². The topological polar surface area (TPSA) is 41.6 Å². The maximum atomic E-state index is 12.9. The molecule has 0 spiro atoms. The van der Waals surface area contributed by atoms with Crippen molar-refractivity contribution in [3.05, 3.63) is 29.3 Å². The van der Waals surface area contributed by atoms with Crippen molar-refractivity contribution in [2.24, 2.45) is 0 Å². The first-order valence-electron chi connectivity index (χ1n) is 9.65. The number of likely N-dealkylation sites (N-methyl/N-ethyl adjacent to an activating group) is 1. The van der Waals surface area contributed by atoms with Gasteiger partial charge in [0.05, 0.1) is 0 Å². The van der Waals surface area contributed by atoms with Crippen molar-refractivity contribution in [2.45, 2.75) is 83.5 Å².